The molecule has 3 aromatic rings. The zero-order valence-electron chi connectivity index (χ0n) is 15.2. The molecule has 0 radical (unpaired) electrons. The first-order chi connectivity index (χ1) is 12.6. The van der Waals surface area contributed by atoms with Crippen molar-refractivity contribution in [3.63, 3.8) is 0 Å². The number of nitrogens with one attached hydrogen (secondary N) is 2. The van der Waals surface area contributed by atoms with Crippen LogP contribution in [0.4, 0.5) is 11.4 Å². The Bertz CT molecular complexity index is 873. The third-order valence-electron chi connectivity index (χ3n) is 3.92. The fraction of sp³-hybridized carbons (Fsp3) is 0.227. The van der Waals surface area contributed by atoms with Gasteiger partial charge in [-0.1, -0.05) is 44.2 Å². The Kier molecular flexibility index (Phi) is 5.74. The van der Waals surface area contributed by atoms with Crippen molar-refractivity contribution in [2.24, 2.45) is 5.92 Å². The molecule has 4 nitrogen and oxygen atoms in total. The number of fused-ring (bicyclic) bond motifs is 1. The second-order valence-electron chi connectivity index (χ2n) is 6.69. The van der Waals surface area contributed by atoms with Crippen molar-refractivity contribution in [3.8, 4) is 5.75 Å². The average molecular weight is 348 g/mol. The normalized spacial score (nSPS) is 10.7. The molecule has 2 N–H and O–H groups in total. The molecule has 0 aliphatic rings. The summed E-state index contributed by atoms with van der Waals surface area (Å²) in [5.41, 5.74) is 1.68. The molecule has 26 heavy (non-hydrogen) atoms. The summed E-state index contributed by atoms with van der Waals surface area (Å²) in [5.74, 6) is 1.25. The van der Waals surface area contributed by atoms with Crippen LogP contribution in [-0.4, -0.2) is 19.1 Å². The summed E-state index contributed by atoms with van der Waals surface area (Å²) in [4.78, 5) is 12.2. The van der Waals surface area contributed by atoms with E-state index >= 15 is 0 Å². The van der Waals surface area contributed by atoms with Crippen LogP contribution < -0.4 is 15.4 Å². The summed E-state index contributed by atoms with van der Waals surface area (Å²) >= 11 is 0. The van der Waals surface area contributed by atoms with Gasteiger partial charge in [0, 0.05) is 11.4 Å². The van der Waals surface area contributed by atoms with Crippen LogP contribution in [0.15, 0.2) is 66.7 Å². The second-order valence-corrected chi connectivity index (χ2v) is 6.69. The maximum Gasteiger partial charge on any atom is 0.243 e. The Morgan fingerprint density at radius 1 is 0.923 bits per heavy atom. The average Bonchev–Trinajstić information content (AvgIpc) is 2.65. The van der Waals surface area contributed by atoms with Gasteiger partial charge in [0.2, 0.25) is 5.91 Å². The lowest BCUT2D eigenvalue weighted by Gasteiger charge is -2.11. The maximum atomic E-state index is 12.2. The molecule has 3 aromatic carbocycles. The van der Waals surface area contributed by atoms with Crippen LogP contribution >= 0.6 is 0 Å². The van der Waals surface area contributed by atoms with Gasteiger partial charge in [0.25, 0.3) is 0 Å². The maximum absolute atomic E-state index is 12.2. The Hall–Kier alpha value is -3.01. The first-order valence-corrected chi connectivity index (χ1v) is 8.85. The fourth-order valence-corrected chi connectivity index (χ4v) is 2.59. The first-order valence-electron chi connectivity index (χ1n) is 8.85. The number of amides is 1. The lowest BCUT2D eigenvalue weighted by molar-refractivity contribution is -0.114. The predicted octanol–water partition coefficient (Wildman–Crippen LogP) is 4.93. The molecular formula is C22H24N2O2. The van der Waals surface area contributed by atoms with Crippen LogP contribution in [0.3, 0.4) is 0 Å². The van der Waals surface area contributed by atoms with Crippen LogP contribution in [0.1, 0.15) is 13.8 Å². The quantitative estimate of drug-likeness (QED) is 0.637. The van der Waals surface area contributed by atoms with E-state index in [1.54, 1.807) is 0 Å². The zero-order chi connectivity index (χ0) is 18.4. The monoisotopic (exact) mass is 348 g/mol. The second kappa shape index (κ2) is 8.39. The van der Waals surface area contributed by atoms with E-state index in [9.17, 15) is 4.79 Å². The van der Waals surface area contributed by atoms with Crippen LogP contribution in [-0.2, 0) is 4.79 Å². The summed E-state index contributed by atoms with van der Waals surface area (Å²) in [5, 5.41) is 8.31. The van der Waals surface area contributed by atoms with Gasteiger partial charge in [-0.15, -0.1) is 0 Å². The number of hydrogen-bond acceptors (Lipinski definition) is 3. The molecule has 0 saturated heterocycles. The van der Waals surface area contributed by atoms with Crippen molar-refractivity contribution in [2.75, 3.05) is 23.8 Å². The molecule has 1 amide bonds. The van der Waals surface area contributed by atoms with E-state index in [1.165, 1.54) is 0 Å². The van der Waals surface area contributed by atoms with Crippen molar-refractivity contribution in [1.82, 2.24) is 0 Å². The number of ether oxygens (including phenoxy) is 1. The number of carbonyl (C=O) groups is 1. The summed E-state index contributed by atoms with van der Waals surface area (Å²) < 4.78 is 5.66. The molecule has 0 atom stereocenters. The van der Waals surface area contributed by atoms with Crippen molar-refractivity contribution in [3.05, 3.63) is 66.7 Å². The van der Waals surface area contributed by atoms with Crippen LogP contribution in [0, 0.1) is 5.92 Å². The minimum absolute atomic E-state index is 0.0829. The largest absolute Gasteiger partial charge is 0.493 e. The molecule has 134 valence electrons. The molecule has 0 aliphatic carbocycles. The standard InChI is InChI=1S/C22H24N2O2/c1-16(2)15-26-21-11-9-19(10-12-21)23-14-22(25)24-20-8-7-17-5-3-4-6-18(17)13-20/h3-13,16,23H,14-15H2,1-2H3,(H,24,25). The van der Waals surface area contributed by atoms with Gasteiger partial charge in [-0.05, 0) is 53.1 Å². The van der Waals surface area contributed by atoms with E-state index in [1.807, 2.05) is 60.7 Å². The number of benzene rings is 3. The Labute approximate surface area is 154 Å². The van der Waals surface area contributed by atoms with Gasteiger partial charge < -0.3 is 15.4 Å². The lowest BCUT2D eigenvalue weighted by atomic mass is 10.1. The lowest BCUT2D eigenvalue weighted by Crippen LogP contribution is -2.21. The van der Waals surface area contributed by atoms with E-state index in [0.717, 1.165) is 27.9 Å². The smallest absolute Gasteiger partial charge is 0.243 e. The highest BCUT2D eigenvalue weighted by Crippen LogP contribution is 2.19. The number of anilines is 2. The third-order valence-corrected chi connectivity index (χ3v) is 3.92. The third kappa shape index (κ3) is 4.99. The molecular weight excluding hydrogens is 324 g/mol. The first kappa shape index (κ1) is 17.8. The topological polar surface area (TPSA) is 50.4 Å². The SMILES string of the molecule is CC(C)COc1ccc(NCC(=O)Nc2ccc3ccccc3c2)cc1. The van der Waals surface area contributed by atoms with E-state index in [4.69, 9.17) is 4.74 Å². The Morgan fingerprint density at radius 2 is 1.62 bits per heavy atom. The van der Waals surface area contributed by atoms with Gasteiger partial charge >= 0.3 is 0 Å². The van der Waals surface area contributed by atoms with Crippen molar-refractivity contribution in [1.29, 1.82) is 0 Å². The van der Waals surface area contributed by atoms with Gasteiger partial charge in [0.15, 0.2) is 0 Å². The summed E-state index contributed by atoms with van der Waals surface area (Å²) in [6.07, 6.45) is 0. The molecule has 0 saturated carbocycles. The molecule has 3 rings (SSSR count). The molecule has 0 spiro atoms. The van der Waals surface area contributed by atoms with Crippen LogP contribution in [0.5, 0.6) is 5.75 Å². The zero-order valence-corrected chi connectivity index (χ0v) is 15.2. The van der Waals surface area contributed by atoms with Gasteiger partial charge in [-0.25, -0.2) is 0 Å². The molecule has 0 heterocycles. The highest BCUT2D eigenvalue weighted by Gasteiger charge is 2.04. The molecule has 0 unspecified atom stereocenters. The van der Waals surface area contributed by atoms with E-state index in [2.05, 4.69) is 30.5 Å². The van der Waals surface area contributed by atoms with Gasteiger partial charge in [0.05, 0.1) is 13.2 Å². The molecule has 0 aliphatic heterocycles. The van der Waals surface area contributed by atoms with E-state index in [-0.39, 0.29) is 12.5 Å². The predicted molar refractivity (Wildman–Crippen MR) is 108 cm³/mol. The van der Waals surface area contributed by atoms with Gasteiger partial charge in [-0.3, -0.25) is 4.79 Å². The Balaban J connectivity index is 1.51. The van der Waals surface area contributed by atoms with E-state index in [0.29, 0.717) is 12.5 Å². The molecule has 0 aromatic heterocycles. The van der Waals surface area contributed by atoms with Crippen molar-refractivity contribution in [2.45, 2.75) is 13.8 Å². The van der Waals surface area contributed by atoms with Crippen molar-refractivity contribution < 1.29 is 9.53 Å². The van der Waals surface area contributed by atoms with Gasteiger partial charge in [0.1, 0.15) is 5.75 Å². The highest BCUT2D eigenvalue weighted by atomic mass is 16.5. The highest BCUT2D eigenvalue weighted by molar-refractivity contribution is 5.96. The number of rotatable bonds is 7. The molecule has 4 heteroatoms. The van der Waals surface area contributed by atoms with Crippen LogP contribution in [0.25, 0.3) is 10.8 Å². The van der Waals surface area contributed by atoms with Gasteiger partial charge in [-0.2, -0.15) is 0 Å². The fourth-order valence-electron chi connectivity index (χ4n) is 2.59. The number of carbonyl (C=O) groups excluding carboxylic acids is 1. The summed E-state index contributed by atoms with van der Waals surface area (Å²) in [6.45, 7) is 5.13. The molecule has 0 fully saturated rings. The molecule has 0 bridgehead atoms. The van der Waals surface area contributed by atoms with Crippen molar-refractivity contribution >= 4 is 28.1 Å². The minimum Gasteiger partial charge on any atom is -0.493 e. The summed E-state index contributed by atoms with van der Waals surface area (Å²) in [6, 6.07) is 21.6. The summed E-state index contributed by atoms with van der Waals surface area (Å²) in [7, 11) is 0. The van der Waals surface area contributed by atoms with E-state index < -0.39 is 0 Å². The van der Waals surface area contributed by atoms with Crippen LogP contribution in [0.2, 0.25) is 0 Å². The Morgan fingerprint density at radius 3 is 2.35 bits per heavy atom. The minimum atomic E-state index is -0.0829. The number of hydrogen-bond donors (Lipinski definition) is 2.